The smallest absolute Gasteiger partial charge is 0.225 e. The maximum Gasteiger partial charge on any atom is 0.225 e. The molecule has 2 aliphatic rings. The summed E-state index contributed by atoms with van der Waals surface area (Å²) in [5, 5.41) is 5.25. The van der Waals surface area contributed by atoms with E-state index in [0.29, 0.717) is 31.2 Å². The van der Waals surface area contributed by atoms with Gasteiger partial charge in [-0.1, -0.05) is 11.6 Å². The Labute approximate surface area is 207 Å². The van der Waals surface area contributed by atoms with Gasteiger partial charge in [-0.05, 0) is 45.2 Å². The number of halogens is 1. The number of carbonyl (C=O) groups excluding carboxylic acids is 1. The molecule has 0 aliphatic carbocycles. The Morgan fingerprint density at radius 2 is 1.91 bits per heavy atom. The van der Waals surface area contributed by atoms with Crippen LogP contribution in [0.25, 0.3) is 0 Å². The fraction of sp³-hybridized carbons (Fsp3) is 0.600. The number of benzene rings is 1. The number of aryl methyl sites for hydroxylation is 2. The van der Waals surface area contributed by atoms with Crippen LogP contribution in [0.2, 0.25) is 5.02 Å². The van der Waals surface area contributed by atoms with Gasteiger partial charge in [0.25, 0.3) is 0 Å². The summed E-state index contributed by atoms with van der Waals surface area (Å²) in [5.41, 5.74) is 1.54. The summed E-state index contributed by atoms with van der Waals surface area (Å²) in [6, 6.07) is 7.31. The van der Waals surface area contributed by atoms with E-state index in [1.165, 1.54) is 5.56 Å². The molecule has 2 fully saturated rings. The zero-order chi connectivity index (χ0) is 24.1. The molecule has 2 saturated heterocycles. The maximum absolute atomic E-state index is 13.3. The fourth-order valence-electron chi connectivity index (χ4n) is 4.61. The lowest BCUT2D eigenvalue weighted by molar-refractivity contribution is -0.157. The number of aromatic nitrogens is 2. The van der Waals surface area contributed by atoms with Crippen LogP contribution in [-0.4, -0.2) is 95.5 Å². The lowest BCUT2D eigenvalue weighted by Crippen LogP contribution is -2.58. The molecule has 2 aliphatic heterocycles. The minimum atomic E-state index is -0.715. The normalized spacial score (nSPS) is 22.2. The number of nitrogens with zero attached hydrogens (tertiary/aromatic N) is 5. The van der Waals surface area contributed by atoms with Crippen molar-refractivity contribution in [3.8, 4) is 5.75 Å². The molecule has 1 atom stereocenters. The summed E-state index contributed by atoms with van der Waals surface area (Å²) in [6.07, 6.45) is 2.42. The lowest BCUT2D eigenvalue weighted by atomic mass is 9.96. The van der Waals surface area contributed by atoms with Crippen molar-refractivity contribution in [2.45, 2.75) is 39.0 Å². The molecule has 9 heteroatoms. The molecule has 1 amide bonds. The van der Waals surface area contributed by atoms with E-state index in [4.69, 9.17) is 21.1 Å². The molecule has 2 aromatic rings. The van der Waals surface area contributed by atoms with Crippen LogP contribution in [0.3, 0.4) is 0 Å². The molecular formula is C25H36ClN5O3. The average molecular weight is 490 g/mol. The number of hydrogen-bond acceptors (Lipinski definition) is 6. The third-order valence-corrected chi connectivity index (χ3v) is 6.99. The largest absolute Gasteiger partial charge is 0.491 e. The Hall–Kier alpha value is -2.13. The monoisotopic (exact) mass is 489 g/mol. The number of carbonyl (C=O) groups is 1. The number of likely N-dealkylation sites (N-methyl/N-ethyl adjacent to an activating group) is 1. The number of morpholine rings is 1. The van der Waals surface area contributed by atoms with Crippen LogP contribution in [0.15, 0.2) is 30.5 Å². The molecule has 34 heavy (non-hydrogen) atoms. The van der Waals surface area contributed by atoms with Gasteiger partial charge >= 0.3 is 0 Å². The summed E-state index contributed by atoms with van der Waals surface area (Å²) in [4.78, 5) is 19.9. The first kappa shape index (κ1) is 25.0. The Morgan fingerprint density at radius 3 is 2.59 bits per heavy atom. The summed E-state index contributed by atoms with van der Waals surface area (Å²) in [7, 11) is 2.09. The molecule has 3 heterocycles. The van der Waals surface area contributed by atoms with Gasteiger partial charge in [-0.2, -0.15) is 5.10 Å². The van der Waals surface area contributed by atoms with Gasteiger partial charge in [-0.15, -0.1) is 0 Å². The van der Waals surface area contributed by atoms with Crippen molar-refractivity contribution in [3.05, 3.63) is 46.7 Å². The molecule has 0 radical (unpaired) electrons. The van der Waals surface area contributed by atoms with Crippen LogP contribution in [0, 0.1) is 6.92 Å². The Kier molecular flexibility index (Phi) is 8.14. The number of rotatable bonds is 8. The van der Waals surface area contributed by atoms with Crippen LogP contribution in [-0.2, 0) is 22.6 Å². The second-order valence-electron chi connectivity index (χ2n) is 9.44. The number of ether oxygens (including phenoxy) is 2. The molecule has 8 nitrogen and oxygen atoms in total. The Bertz CT molecular complexity index is 958. The number of hydrogen-bond donors (Lipinski definition) is 0. The molecule has 1 aromatic carbocycles. The zero-order valence-electron chi connectivity index (χ0n) is 20.5. The third kappa shape index (κ3) is 6.30. The van der Waals surface area contributed by atoms with Crippen molar-refractivity contribution in [1.29, 1.82) is 0 Å². The van der Waals surface area contributed by atoms with E-state index >= 15 is 0 Å². The van der Waals surface area contributed by atoms with Gasteiger partial charge in [-0.25, -0.2) is 0 Å². The molecule has 1 aromatic heterocycles. The molecule has 0 unspecified atom stereocenters. The highest BCUT2D eigenvalue weighted by Gasteiger charge is 2.41. The SMILES string of the molecule is CCn1cc(CN2CCO[C@@](COc3ccc(Cl)cc3)(CC(=O)N3CCN(C)CC3)C2)c(C)n1. The van der Waals surface area contributed by atoms with Gasteiger partial charge in [0, 0.05) is 69.1 Å². The van der Waals surface area contributed by atoms with Crippen molar-refractivity contribution in [2.24, 2.45) is 0 Å². The van der Waals surface area contributed by atoms with E-state index in [2.05, 4.69) is 42.0 Å². The highest BCUT2D eigenvalue weighted by molar-refractivity contribution is 6.30. The summed E-state index contributed by atoms with van der Waals surface area (Å²) >= 11 is 6.03. The first-order chi connectivity index (χ1) is 16.4. The van der Waals surface area contributed by atoms with Crippen molar-refractivity contribution in [1.82, 2.24) is 24.5 Å². The molecule has 0 spiro atoms. The van der Waals surface area contributed by atoms with E-state index in [-0.39, 0.29) is 5.91 Å². The van der Waals surface area contributed by atoms with Crippen LogP contribution in [0.4, 0.5) is 0 Å². The van der Waals surface area contributed by atoms with Crippen molar-refractivity contribution >= 4 is 17.5 Å². The van der Waals surface area contributed by atoms with E-state index in [0.717, 1.165) is 57.3 Å². The second kappa shape index (κ2) is 11.1. The van der Waals surface area contributed by atoms with Crippen LogP contribution in [0.5, 0.6) is 5.75 Å². The van der Waals surface area contributed by atoms with Gasteiger partial charge in [0.1, 0.15) is 18.0 Å². The Balaban J connectivity index is 1.48. The Morgan fingerprint density at radius 1 is 1.18 bits per heavy atom. The highest BCUT2D eigenvalue weighted by atomic mass is 35.5. The molecule has 0 N–H and O–H groups in total. The molecule has 4 rings (SSSR count). The molecule has 186 valence electrons. The van der Waals surface area contributed by atoms with E-state index in [1.807, 2.05) is 21.7 Å². The van der Waals surface area contributed by atoms with E-state index in [1.54, 1.807) is 12.1 Å². The third-order valence-electron chi connectivity index (χ3n) is 6.74. The highest BCUT2D eigenvalue weighted by Crippen LogP contribution is 2.27. The topological polar surface area (TPSA) is 63.1 Å². The zero-order valence-corrected chi connectivity index (χ0v) is 21.3. The van der Waals surface area contributed by atoms with Crippen LogP contribution >= 0.6 is 11.6 Å². The predicted octanol–water partition coefficient (Wildman–Crippen LogP) is 2.68. The van der Waals surface area contributed by atoms with E-state index < -0.39 is 5.60 Å². The van der Waals surface area contributed by atoms with Gasteiger partial charge in [0.2, 0.25) is 5.91 Å². The lowest BCUT2D eigenvalue weighted by Gasteiger charge is -2.43. The van der Waals surface area contributed by atoms with Crippen molar-refractivity contribution in [2.75, 3.05) is 59.5 Å². The molecule has 0 bridgehead atoms. The van der Waals surface area contributed by atoms with Crippen molar-refractivity contribution in [3.63, 3.8) is 0 Å². The van der Waals surface area contributed by atoms with Crippen LogP contribution < -0.4 is 4.74 Å². The first-order valence-corrected chi connectivity index (χ1v) is 12.5. The van der Waals surface area contributed by atoms with Gasteiger partial charge in [0.05, 0.1) is 18.7 Å². The minimum absolute atomic E-state index is 0.129. The van der Waals surface area contributed by atoms with Crippen LogP contribution in [0.1, 0.15) is 24.6 Å². The maximum atomic E-state index is 13.3. The molecule has 0 saturated carbocycles. The summed E-state index contributed by atoms with van der Waals surface area (Å²) in [6.45, 7) is 11.4. The number of piperazine rings is 1. The van der Waals surface area contributed by atoms with Gasteiger partial charge in [-0.3, -0.25) is 14.4 Å². The van der Waals surface area contributed by atoms with Gasteiger partial charge < -0.3 is 19.3 Å². The van der Waals surface area contributed by atoms with E-state index in [9.17, 15) is 4.79 Å². The minimum Gasteiger partial charge on any atom is -0.491 e. The van der Waals surface area contributed by atoms with Gasteiger partial charge in [0.15, 0.2) is 0 Å². The predicted molar refractivity (Wildman–Crippen MR) is 132 cm³/mol. The second-order valence-corrected chi connectivity index (χ2v) is 9.88. The quantitative estimate of drug-likeness (QED) is 0.568. The molecular weight excluding hydrogens is 454 g/mol. The summed E-state index contributed by atoms with van der Waals surface area (Å²) in [5.74, 6) is 0.848. The standard InChI is InChI=1S/C25H36ClN5O3/c1-4-31-17-21(20(2)27-31)16-29-13-14-34-25(18-29,19-33-23-7-5-22(26)6-8-23)15-24(32)30-11-9-28(3)10-12-30/h5-8,17H,4,9-16,18-19H2,1-3H3/t25-/m0/s1. The average Bonchev–Trinajstić information content (AvgIpc) is 3.18. The summed E-state index contributed by atoms with van der Waals surface area (Å²) < 4.78 is 14.5. The first-order valence-electron chi connectivity index (χ1n) is 12.1. The van der Waals surface area contributed by atoms with Crippen molar-refractivity contribution < 1.29 is 14.3 Å². The fourth-order valence-corrected chi connectivity index (χ4v) is 4.74. The number of amides is 1.